The highest BCUT2D eigenvalue weighted by Gasteiger charge is 2.26. The van der Waals surface area contributed by atoms with E-state index in [1.807, 2.05) is 0 Å². The first-order valence-electron chi connectivity index (χ1n) is 5.87. The van der Waals surface area contributed by atoms with Crippen LogP contribution in [0.1, 0.15) is 32.1 Å². The minimum absolute atomic E-state index is 0.266. The number of carbonyl (C=O) groups is 1. The Bertz CT molecular complexity index is 173. The molecule has 1 N–H and O–H groups in total. The summed E-state index contributed by atoms with van der Waals surface area (Å²) in [6, 6.07) is 0. The Kier molecular flexibility index (Phi) is 3.40. The van der Waals surface area contributed by atoms with E-state index < -0.39 is 0 Å². The molecule has 80 valence electrons. The van der Waals surface area contributed by atoms with Crippen LogP contribution in [0.5, 0.6) is 0 Å². The monoisotopic (exact) mass is 196 g/mol. The van der Waals surface area contributed by atoms with E-state index in [1.165, 1.54) is 19.3 Å². The molecule has 2 aliphatic heterocycles. The maximum Gasteiger partial charge on any atom is 0.226 e. The van der Waals surface area contributed by atoms with Crippen molar-refractivity contribution < 1.29 is 4.79 Å². The van der Waals surface area contributed by atoms with Crippen molar-refractivity contribution >= 4 is 5.91 Å². The van der Waals surface area contributed by atoms with Crippen LogP contribution in [0.3, 0.4) is 0 Å². The van der Waals surface area contributed by atoms with Crippen molar-refractivity contribution in [3.05, 3.63) is 0 Å². The molecule has 0 aliphatic carbocycles. The fraction of sp³-hybridized carbons (Fsp3) is 0.909. The lowest BCUT2D eigenvalue weighted by Crippen LogP contribution is -2.44. The van der Waals surface area contributed by atoms with Crippen molar-refractivity contribution in [2.45, 2.75) is 32.1 Å². The summed E-state index contributed by atoms with van der Waals surface area (Å²) in [5.74, 6) is 0.666. The fourth-order valence-corrected chi connectivity index (χ4v) is 2.44. The molecule has 3 nitrogen and oxygen atoms in total. The summed E-state index contributed by atoms with van der Waals surface area (Å²) in [6.07, 6.45) is 5.94. The molecule has 2 aliphatic rings. The highest BCUT2D eigenvalue weighted by molar-refractivity contribution is 5.79. The van der Waals surface area contributed by atoms with Crippen LogP contribution >= 0.6 is 0 Å². The molecule has 0 saturated carbocycles. The van der Waals surface area contributed by atoms with Gasteiger partial charge in [0.15, 0.2) is 0 Å². The maximum absolute atomic E-state index is 12.0. The van der Waals surface area contributed by atoms with Gasteiger partial charge in [0.1, 0.15) is 0 Å². The number of nitrogens with one attached hydrogen (secondary N) is 1. The highest BCUT2D eigenvalue weighted by Crippen LogP contribution is 2.17. The first-order chi connectivity index (χ1) is 6.88. The van der Waals surface area contributed by atoms with Crippen molar-refractivity contribution in [3.8, 4) is 0 Å². The molecule has 1 atom stereocenters. The Morgan fingerprint density at radius 1 is 1.14 bits per heavy atom. The van der Waals surface area contributed by atoms with E-state index in [4.69, 9.17) is 0 Å². The summed E-state index contributed by atoms with van der Waals surface area (Å²) in [7, 11) is 0. The third-order valence-corrected chi connectivity index (χ3v) is 3.31. The second-order valence-corrected chi connectivity index (χ2v) is 4.43. The molecular formula is C11H20N2O. The van der Waals surface area contributed by atoms with Crippen molar-refractivity contribution in [1.29, 1.82) is 0 Å². The van der Waals surface area contributed by atoms with E-state index in [9.17, 15) is 4.79 Å². The Balaban J connectivity index is 1.85. The van der Waals surface area contributed by atoms with Gasteiger partial charge in [-0.05, 0) is 38.6 Å². The topological polar surface area (TPSA) is 32.3 Å². The van der Waals surface area contributed by atoms with Gasteiger partial charge in [-0.3, -0.25) is 4.79 Å². The number of hydrogen-bond acceptors (Lipinski definition) is 2. The molecule has 1 amide bonds. The number of rotatable bonds is 1. The third kappa shape index (κ3) is 2.27. The van der Waals surface area contributed by atoms with E-state index in [1.54, 1.807) is 0 Å². The van der Waals surface area contributed by atoms with Gasteiger partial charge in [-0.25, -0.2) is 0 Å². The standard InChI is InChI=1S/C11H20N2O/c14-11(10-5-4-6-12-9-10)13-7-2-1-3-8-13/h10,12H,1-9H2/t10-/m1/s1. The summed E-state index contributed by atoms with van der Waals surface area (Å²) in [6.45, 7) is 3.98. The lowest BCUT2D eigenvalue weighted by Gasteiger charge is -2.32. The second-order valence-electron chi connectivity index (χ2n) is 4.43. The summed E-state index contributed by atoms with van der Waals surface area (Å²) >= 11 is 0. The zero-order valence-corrected chi connectivity index (χ0v) is 8.80. The van der Waals surface area contributed by atoms with E-state index in [-0.39, 0.29) is 5.92 Å². The van der Waals surface area contributed by atoms with Gasteiger partial charge in [-0.15, -0.1) is 0 Å². The van der Waals surface area contributed by atoms with Crippen molar-refractivity contribution in [1.82, 2.24) is 10.2 Å². The van der Waals surface area contributed by atoms with Gasteiger partial charge < -0.3 is 10.2 Å². The number of amides is 1. The van der Waals surface area contributed by atoms with E-state index >= 15 is 0 Å². The molecule has 0 radical (unpaired) electrons. The molecule has 2 heterocycles. The largest absolute Gasteiger partial charge is 0.342 e. The lowest BCUT2D eigenvalue weighted by atomic mass is 9.97. The van der Waals surface area contributed by atoms with Crippen LogP contribution < -0.4 is 5.32 Å². The van der Waals surface area contributed by atoms with Gasteiger partial charge >= 0.3 is 0 Å². The molecule has 0 aromatic rings. The molecule has 2 rings (SSSR count). The smallest absolute Gasteiger partial charge is 0.226 e. The maximum atomic E-state index is 12.0. The minimum Gasteiger partial charge on any atom is -0.342 e. The van der Waals surface area contributed by atoms with Crippen LogP contribution in [0, 0.1) is 5.92 Å². The van der Waals surface area contributed by atoms with Gasteiger partial charge in [0.2, 0.25) is 5.91 Å². The average molecular weight is 196 g/mol. The average Bonchev–Trinajstić information content (AvgIpc) is 2.30. The Morgan fingerprint density at radius 2 is 1.93 bits per heavy atom. The van der Waals surface area contributed by atoms with Gasteiger partial charge in [-0.1, -0.05) is 0 Å². The Hall–Kier alpha value is -0.570. The van der Waals surface area contributed by atoms with Crippen molar-refractivity contribution in [2.24, 2.45) is 5.92 Å². The second kappa shape index (κ2) is 4.78. The normalized spacial score (nSPS) is 28.9. The van der Waals surface area contributed by atoms with E-state index in [2.05, 4.69) is 10.2 Å². The van der Waals surface area contributed by atoms with Crippen molar-refractivity contribution in [3.63, 3.8) is 0 Å². The fourth-order valence-electron chi connectivity index (χ4n) is 2.44. The summed E-state index contributed by atoms with van der Waals surface area (Å²) < 4.78 is 0. The van der Waals surface area contributed by atoms with Gasteiger partial charge in [0, 0.05) is 19.6 Å². The Morgan fingerprint density at radius 3 is 2.57 bits per heavy atom. The first kappa shape index (κ1) is 9.97. The lowest BCUT2D eigenvalue weighted by molar-refractivity contribution is -0.136. The molecule has 0 aromatic carbocycles. The first-order valence-corrected chi connectivity index (χ1v) is 5.87. The molecular weight excluding hydrogens is 176 g/mol. The summed E-state index contributed by atoms with van der Waals surface area (Å²) in [4.78, 5) is 14.1. The van der Waals surface area contributed by atoms with E-state index in [0.29, 0.717) is 5.91 Å². The predicted octanol–water partition coefficient (Wildman–Crippen LogP) is 0.998. The van der Waals surface area contributed by atoms with Crippen LogP contribution in [0.15, 0.2) is 0 Å². The van der Waals surface area contributed by atoms with Crippen molar-refractivity contribution in [2.75, 3.05) is 26.2 Å². The molecule has 2 fully saturated rings. The Labute approximate surface area is 85.8 Å². The van der Waals surface area contributed by atoms with Crippen LogP contribution in [0.4, 0.5) is 0 Å². The molecule has 0 aromatic heterocycles. The number of nitrogens with zero attached hydrogens (tertiary/aromatic N) is 1. The molecule has 3 heteroatoms. The SMILES string of the molecule is O=C([C@@H]1CCCNC1)N1CCCCC1. The van der Waals surface area contributed by atoms with Gasteiger partial charge in [-0.2, -0.15) is 0 Å². The number of hydrogen-bond donors (Lipinski definition) is 1. The van der Waals surface area contributed by atoms with Crippen LogP contribution in [0.2, 0.25) is 0 Å². The van der Waals surface area contributed by atoms with Gasteiger partial charge in [0.25, 0.3) is 0 Å². The van der Waals surface area contributed by atoms with Crippen LogP contribution in [-0.2, 0) is 4.79 Å². The highest BCUT2D eigenvalue weighted by atomic mass is 16.2. The number of likely N-dealkylation sites (tertiary alicyclic amines) is 1. The molecule has 0 unspecified atom stereocenters. The zero-order valence-electron chi connectivity index (χ0n) is 8.80. The third-order valence-electron chi connectivity index (χ3n) is 3.31. The molecule has 14 heavy (non-hydrogen) atoms. The molecule has 2 saturated heterocycles. The van der Waals surface area contributed by atoms with E-state index in [0.717, 1.165) is 39.0 Å². The molecule has 0 spiro atoms. The van der Waals surface area contributed by atoms with Crippen LogP contribution in [-0.4, -0.2) is 37.0 Å². The summed E-state index contributed by atoms with van der Waals surface area (Å²) in [5.41, 5.74) is 0. The quantitative estimate of drug-likeness (QED) is 0.678. The minimum atomic E-state index is 0.266. The number of piperidine rings is 2. The summed E-state index contributed by atoms with van der Waals surface area (Å²) in [5, 5.41) is 3.31. The molecule has 0 bridgehead atoms. The van der Waals surface area contributed by atoms with Crippen LogP contribution in [0.25, 0.3) is 0 Å². The zero-order chi connectivity index (χ0) is 9.80. The predicted molar refractivity (Wildman–Crippen MR) is 56.0 cm³/mol. The number of carbonyl (C=O) groups excluding carboxylic acids is 1. The van der Waals surface area contributed by atoms with Gasteiger partial charge in [0.05, 0.1) is 5.92 Å².